The van der Waals surface area contributed by atoms with Gasteiger partial charge < -0.3 is 5.11 Å². The van der Waals surface area contributed by atoms with Crippen molar-refractivity contribution in [1.82, 2.24) is 9.97 Å². The van der Waals surface area contributed by atoms with Gasteiger partial charge in [-0.05, 0) is 12.0 Å². The molecule has 3 heteroatoms. The molecular formula is C14H16N2O. The average Bonchev–Trinajstić information content (AvgIpc) is 2.41. The highest BCUT2D eigenvalue weighted by Gasteiger charge is 2.29. The third kappa shape index (κ3) is 2.68. The van der Waals surface area contributed by atoms with Crippen molar-refractivity contribution in [1.29, 1.82) is 0 Å². The largest absolute Gasteiger partial charge is 0.383 e. The van der Waals surface area contributed by atoms with Gasteiger partial charge >= 0.3 is 0 Å². The predicted octanol–water partition coefficient (Wildman–Crippen LogP) is 2.32. The first-order valence-corrected chi connectivity index (χ1v) is 5.77. The Morgan fingerprint density at radius 2 is 1.94 bits per heavy atom. The number of rotatable bonds is 4. The molecule has 17 heavy (non-hydrogen) atoms. The molecule has 0 fully saturated rings. The van der Waals surface area contributed by atoms with Gasteiger partial charge in [0.15, 0.2) is 0 Å². The molecule has 1 aromatic carbocycles. The quantitative estimate of drug-likeness (QED) is 0.873. The van der Waals surface area contributed by atoms with Crippen LogP contribution >= 0.6 is 0 Å². The molecule has 1 N–H and O–H groups in total. The van der Waals surface area contributed by atoms with E-state index in [1.807, 2.05) is 37.3 Å². The van der Waals surface area contributed by atoms with Crippen LogP contribution in [0, 0.1) is 0 Å². The zero-order valence-corrected chi connectivity index (χ0v) is 9.87. The minimum atomic E-state index is -0.935. The molecule has 2 aromatic rings. The van der Waals surface area contributed by atoms with E-state index in [0.717, 1.165) is 5.56 Å². The molecule has 1 atom stereocenters. The number of nitrogens with zero attached hydrogens (tertiary/aromatic N) is 2. The van der Waals surface area contributed by atoms with E-state index in [4.69, 9.17) is 0 Å². The summed E-state index contributed by atoms with van der Waals surface area (Å²) in [7, 11) is 0. The van der Waals surface area contributed by atoms with Crippen molar-refractivity contribution in [2.24, 2.45) is 0 Å². The third-order valence-electron chi connectivity index (χ3n) is 2.96. The Bertz CT molecular complexity index is 458. The van der Waals surface area contributed by atoms with Crippen LogP contribution in [0.25, 0.3) is 0 Å². The normalized spacial score (nSPS) is 14.2. The zero-order chi connectivity index (χ0) is 12.1. The lowest BCUT2D eigenvalue weighted by Crippen LogP contribution is -2.29. The van der Waals surface area contributed by atoms with Gasteiger partial charge in [-0.3, -0.25) is 9.97 Å². The van der Waals surface area contributed by atoms with Gasteiger partial charge in [0, 0.05) is 18.8 Å². The smallest absolute Gasteiger partial charge is 0.112 e. The fourth-order valence-electron chi connectivity index (χ4n) is 1.87. The van der Waals surface area contributed by atoms with Gasteiger partial charge in [0.25, 0.3) is 0 Å². The lowest BCUT2D eigenvalue weighted by atomic mass is 9.89. The van der Waals surface area contributed by atoms with Crippen LogP contribution in [0.2, 0.25) is 0 Å². The van der Waals surface area contributed by atoms with Gasteiger partial charge in [0.1, 0.15) is 5.60 Å². The summed E-state index contributed by atoms with van der Waals surface area (Å²) in [4.78, 5) is 8.22. The Morgan fingerprint density at radius 1 is 1.18 bits per heavy atom. The van der Waals surface area contributed by atoms with Crippen molar-refractivity contribution in [2.45, 2.75) is 25.4 Å². The van der Waals surface area contributed by atoms with Crippen molar-refractivity contribution in [3.8, 4) is 0 Å². The molecular weight excluding hydrogens is 212 g/mol. The van der Waals surface area contributed by atoms with Crippen molar-refractivity contribution >= 4 is 0 Å². The Morgan fingerprint density at radius 3 is 2.53 bits per heavy atom. The first-order valence-electron chi connectivity index (χ1n) is 5.77. The molecule has 0 bridgehead atoms. The molecule has 0 aliphatic rings. The van der Waals surface area contributed by atoms with Gasteiger partial charge in [-0.2, -0.15) is 0 Å². The SMILES string of the molecule is CCC(O)(Cc1ccccc1)c1cnccn1. The van der Waals surface area contributed by atoms with Crippen LogP contribution in [0.4, 0.5) is 0 Å². The van der Waals surface area contributed by atoms with E-state index in [-0.39, 0.29) is 0 Å². The molecule has 0 aliphatic carbocycles. The van der Waals surface area contributed by atoms with E-state index in [2.05, 4.69) is 9.97 Å². The van der Waals surface area contributed by atoms with Crippen LogP contribution < -0.4 is 0 Å². The van der Waals surface area contributed by atoms with Crippen LogP contribution in [-0.4, -0.2) is 15.1 Å². The monoisotopic (exact) mass is 228 g/mol. The number of aliphatic hydroxyl groups is 1. The van der Waals surface area contributed by atoms with Crippen LogP contribution in [0.15, 0.2) is 48.9 Å². The lowest BCUT2D eigenvalue weighted by Gasteiger charge is -2.25. The number of benzene rings is 1. The van der Waals surface area contributed by atoms with Crippen molar-refractivity contribution in [2.75, 3.05) is 0 Å². The Hall–Kier alpha value is -1.74. The van der Waals surface area contributed by atoms with E-state index in [0.29, 0.717) is 18.5 Å². The summed E-state index contributed by atoms with van der Waals surface area (Å²) < 4.78 is 0. The molecule has 88 valence electrons. The third-order valence-corrected chi connectivity index (χ3v) is 2.96. The van der Waals surface area contributed by atoms with Crippen molar-refractivity contribution in [3.05, 3.63) is 60.2 Å². The maximum Gasteiger partial charge on any atom is 0.112 e. The summed E-state index contributed by atoms with van der Waals surface area (Å²) in [6, 6.07) is 9.94. The molecule has 0 saturated heterocycles. The van der Waals surface area contributed by atoms with Gasteiger partial charge in [0.2, 0.25) is 0 Å². The highest BCUT2D eigenvalue weighted by Crippen LogP contribution is 2.26. The number of hydrogen-bond donors (Lipinski definition) is 1. The molecule has 0 amide bonds. The molecule has 0 aliphatic heterocycles. The second-order valence-electron chi connectivity index (χ2n) is 4.14. The van der Waals surface area contributed by atoms with E-state index >= 15 is 0 Å². The minimum absolute atomic E-state index is 0.559. The Balaban J connectivity index is 2.27. The zero-order valence-electron chi connectivity index (χ0n) is 9.87. The second-order valence-corrected chi connectivity index (χ2v) is 4.14. The summed E-state index contributed by atoms with van der Waals surface area (Å²) in [6.07, 6.45) is 6.03. The van der Waals surface area contributed by atoms with Gasteiger partial charge in [0.05, 0.1) is 11.9 Å². The molecule has 1 unspecified atom stereocenters. The van der Waals surface area contributed by atoms with Crippen LogP contribution in [0.5, 0.6) is 0 Å². The molecule has 1 heterocycles. The van der Waals surface area contributed by atoms with Crippen LogP contribution in [0.3, 0.4) is 0 Å². The lowest BCUT2D eigenvalue weighted by molar-refractivity contribution is 0.0279. The fraction of sp³-hybridized carbons (Fsp3) is 0.286. The first kappa shape index (κ1) is 11.7. The second kappa shape index (κ2) is 5.06. The molecule has 0 saturated carbocycles. The number of hydrogen-bond acceptors (Lipinski definition) is 3. The maximum absolute atomic E-state index is 10.6. The fourth-order valence-corrected chi connectivity index (χ4v) is 1.87. The van der Waals surface area contributed by atoms with E-state index in [1.165, 1.54) is 0 Å². The molecule has 3 nitrogen and oxygen atoms in total. The standard InChI is InChI=1S/C14H16N2O/c1-2-14(17,13-11-15-8-9-16-13)10-12-6-4-3-5-7-12/h3-9,11,17H,2,10H2,1H3. The summed E-state index contributed by atoms with van der Waals surface area (Å²) in [6.45, 7) is 1.96. The van der Waals surface area contributed by atoms with Crippen LogP contribution in [0.1, 0.15) is 24.6 Å². The summed E-state index contributed by atoms with van der Waals surface area (Å²) >= 11 is 0. The summed E-state index contributed by atoms with van der Waals surface area (Å²) in [5, 5.41) is 10.6. The van der Waals surface area contributed by atoms with Crippen molar-refractivity contribution < 1.29 is 5.11 Å². The van der Waals surface area contributed by atoms with Crippen LogP contribution in [-0.2, 0) is 12.0 Å². The average molecular weight is 228 g/mol. The van der Waals surface area contributed by atoms with Gasteiger partial charge in [-0.15, -0.1) is 0 Å². The minimum Gasteiger partial charge on any atom is -0.383 e. The Labute approximate surface area is 101 Å². The van der Waals surface area contributed by atoms with Gasteiger partial charge in [-0.1, -0.05) is 37.3 Å². The van der Waals surface area contributed by atoms with Gasteiger partial charge in [-0.25, -0.2) is 0 Å². The highest BCUT2D eigenvalue weighted by atomic mass is 16.3. The Kier molecular flexibility index (Phi) is 3.49. The topological polar surface area (TPSA) is 46.0 Å². The number of aromatic nitrogens is 2. The predicted molar refractivity (Wildman–Crippen MR) is 66.4 cm³/mol. The maximum atomic E-state index is 10.6. The molecule has 0 radical (unpaired) electrons. The summed E-state index contributed by atoms with van der Waals surface area (Å²) in [5.41, 5.74) is 0.796. The van der Waals surface area contributed by atoms with Crippen molar-refractivity contribution in [3.63, 3.8) is 0 Å². The summed E-state index contributed by atoms with van der Waals surface area (Å²) in [5.74, 6) is 0. The highest BCUT2D eigenvalue weighted by molar-refractivity contribution is 5.20. The first-order chi connectivity index (χ1) is 8.24. The molecule has 1 aromatic heterocycles. The van der Waals surface area contributed by atoms with E-state index in [1.54, 1.807) is 18.6 Å². The molecule has 2 rings (SSSR count). The van der Waals surface area contributed by atoms with E-state index in [9.17, 15) is 5.11 Å². The molecule has 0 spiro atoms. The van der Waals surface area contributed by atoms with E-state index < -0.39 is 5.60 Å².